The fraction of sp³-hybridized carbons (Fsp3) is 0.248. The minimum Gasteiger partial charge on any atom is -0.497 e. The third-order valence-corrected chi connectivity index (χ3v) is 25.7. The minimum atomic E-state index is -3.01. The molecule has 8 N–H and O–H groups in total. The summed E-state index contributed by atoms with van der Waals surface area (Å²) in [5, 5.41) is 33.2. The number of methoxy groups -OCH3 is 3. The lowest BCUT2D eigenvalue weighted by Crippen LogP contribution is -2.52. The number of carbonyl (C=O) groups is 12. The van der Waals surface area contributed by atoms with Gasteiger partial charge < -0.3 is 64.2 Å². The molecule has 8 aliphatic heterocycles. The van der Waals surface area contributed by atoms with Crippen molar-refractivity contribution in [3.8, 4) is 67.5 Å². The molecule has 13 heterocycles. The van der Waals surface area contributed by atoms with Crippen molar-refractivity contribution < 1.29 is 85.3 Å². The molecule has 0 bridgehead atoms. The predicted molar refractivity (Wildman–Crippen MR) is 499 cm³/mol. The fourth-order valence-electron chi connectivity index (χ4n) is 18.6. The number of imidazole rings is 1. The smallest absolute Gasteiger partial charge is 0.387 e. The molecule has 0 unspecified atom stereocenters. The van der Waals surface area contributed by atoms with Gasteiger partial charge >= 0.3 is 30.7 Å². The summed E-state index contributed by atoms with van der Waals surface area (Å²) in [5.74, 6) is -1.000. The second-order valence-corrected chi connectivity index (χ2v) is 35.6. The molecule has 38 heteroatoms. The zero-order valence-corrected chi connectivity index (χ0v) is 76.7. The molecule has 4 saturated heterocycles. The summed E-state index contributed by atoms with van der Waals surface area (Å²) >= 11 is 0. The highest BCUT2D eigenvalue weighted by Crippen LogP contribution is 2.41. The molecule has 21 rings (SSSR count). The molecule has 36 nitrogen and oxygen atoms in total. The lowest BCUT2D eigenvalue weighted by atomic mass is 9.88. The van der Waals surface area contributed by atoms with Crippen molar-refractivity contribution in [1.82, 2.24) is 101 Å². The highest BCUT2D eigenvalue weighted by Gasteiger charge is 2.55. The maximum absolute atomic E-state index is 13.2. The second kappa shape index (κ2) is 36.9. The Morgan fingerprint density at radius 3 is 1.01 bits per heavy atom. The number of fused-ring (bicyclic) bond motifs is 5. The van der Waals surface area contributed by atoms with Crippen molar-refractivity contribution >= 4 is 77.0 Å². The summed E-state index contributed by atoms with van der Waals surface area (Å²) in [6.07, 6.45) is 15.1. The maximum Gasteiger partial charge on any atom is 0.387 e. The number of hydrogen-bond acceptors (Lipinski definition) is 20. The number of ether oxygens (including phenoxy) is 4. The quantitative estimate of drug-likeness (QED) is 0.0260. The van der Waals surface area contributed by atoms with Crippen molar-refractivity contribution in [1.29, 1.82) is 0 Å². The molecule has 13 aromatic rings. The van der Waals surface area contributed by atoms with Gasteiger partial charge in [0.25, 0.3) is 47.3 Å². The number of nitrogens with one attached hydrogen (secondary N) is 8. The monoisotopic (exact) mass is 1880 g/mol. The van der Waals surface area contributed by atoms with Gasteiger partial charge in [0.2, 0.25) is 0 Å². The molecule has 139 heavy (non-hydrogen) atoms. The van der Waals surface area contributed by atoms with Crippen LogP contribution in [0.25, 0.3) is 50.2 Å². The number of imide groups is 4. The van der Waals surface area contributed by atoms with E-state index in [4.69, 9.17) is 14.2 Å². The van der Waals surface area contributed by atoms with E-state index >= 15 is 0 Å². The fourth-order valence-corrected chi connectivity index (χ4v) is 18.6. The summed E-state index contributed by atoms with van der Waals surface area (Å²) in [4.78, 5) is 164. The van der Waals surface area contributed by atoms with Crippen LogP contribution in [0.2, 0.25) is 0 Å². The summed E-state index contributed by atoms with van der Waals surface area (Å²) in [6, 6.07) is 51.3. The molecular formula is C101H94F2N20O16. The number of hydrogen-bond donors (Lipinski definition) is 8. The highest BCUT2D eigenvalue weighted by atomic mass is 19.3. The molecule has 0 radical (unpaired) electrons. The number of pyridine rings is 1. The Morgan fingerprint density at radius 2 is 0.691 bits per heavy atom. The molecule has 16 amide bonds. The summed E-state index contributed by atoms with van der Waals surface area (Å²) in [7, 11) is 6.44. The zero-order valence-electron chi connectivity index (χ0n) is 76.7. The molecule has 8 aromatic carbocycles. The van der Waals surface area contributed by atoms with Crippen LogP contribution >= 0.6 is 0 Å². The number of nitrogens with zero attached hydrogens (tertiary/aromatic N) is 12. The average Bonchev–Trinajstić information content (AvgIpc) is 1.60. The van der Waals surface area contributed by atoms with Gasteiger partial charge in [-0.1, -0.05) is 135 Å². The van der Waals surface area contributed by atoms with Crippen LogP contribution < -0.4 is 61.5 Å². The van der Waals surface area contributed by atoms with E-state index in [0.29, 0.717) is 87.3 Å². The molecule has 0 saturated carbocycles. The van der Waals surface area contributed by atoms with E-state index in [1.165, 1.54) is 23.1 Å². The van der Waals surface area contributed by atoms with E-state index in [2.05, 4.69) is 95.2 Å². The van der Waals surface area contributed by atoms with E-state index in [-0.39, 0.29) is 67.8 Å². The van der Waals surface area contributed by atoms with Gasteiger partial charge in [-0.25, -0.2) is 24.2 Å². The van der Waals surface area contributed by atoms with Crippen molar-refractivity contribution in [3.63, 3.8) is 0 Å². The first-order valence-electron chi connectivity index (χ1n) is 44.4. The molecule has 8 aliphatic rings. The number of carbonyl (C=O) groups excluding carboxylic acids is 12. The number of alkyl halides is 2. The Balaban J connectivity index is 0.000000123. The van der Waals surface area contributed by atoms with Crippen LogP contribution in [0, 0.1) is 12.8 Å². The molecule has 4 atom stereocenters. The standard InChI is InChI=1S/C27H23N5O4.C26H27N5O4.C25H25N5O4.C23H19F2N5O4/c1-16-12-31-13-18(6-10-23(31)28-16)17-3-7-20(8-4-17)27(25(34)29-26(35)30-27)15-32-14-19-5-9-21(36-2)11-22(19)24(32)33;1-16(2)12-31-14-19(11-27-31)17-4-7-20(8-5-17)26(24(33)28-25(34)29-26)15-30-13-18-6-9-21(35-3)10-22(18)23(30)32;1-15(2)30-13-18(11-26-30)16-4-7-19(8-5-16)25(23(32)27-24(33)28-25)14-29-12-17-6-9-20(34-3)10-21(17)22(29)31;1-29-10-15(9-26-29)13-2-5-16(6-3-13)23(20(32)27-22(33)28-23)12-30-11-14-4-7-17(34-21(24)25)8-18(14)19(30)31/h3-13H,14-15H2,1-2H3,(H2,29,30,34,35);4-11,14,16H,12-13,15H2,1-3H3,(H2,28,29,33,34);4-11,13,15H,12,14H2,1-3H3,(H2,27,28,32,33);2-10,21H,11-12H2,1H3,(H2,27,28,32,33)/t27-;26-;25-;23-/m0000/s1. The molecule has 0 aliphatic carbocycles. The van der Waals surface area contributed by atoms with Gasteiger partial charge in [-0.15, -0.1) is 0 Å². The first-order chi connectivity index (χ1) is 66.7. The van der Waals surface area contributed by atoms with E-state index in [1.54, 1.807) is 121 Å². The van der Waals surface area contributed by atoms with Gasteiger partial charge in [0.05, 0.1) is 71.8 Å². The van der Waals surface area contributed by atoms with Gasteiger partial charge in [0.15, 0.2) is 22.2 Å². The van der Waals surface area contributed by atoms with Gasteiger partial charge in [-0.3, -0.25) is 73.7 Å². The maximum atomic E-state index is 13.2. The van der Waals surface area contributed by atoms with Gasteiger partial charge in [0.1, 0.15) is 28.6 Å². The van der Waals surface area contributed by atoms with E-state index < -0.39 is 82.4 Å². The largest absolute Gasteiger partial charge is 0.497 e. The zero-order chi connectivity index (χ0) is 97.8. The molecule has 708 valence electrons. The van der Waals surface area contributed by atoms with Crippen LogP contribution in [0.5, 0.6) is 23.0 Å². The molecular weight excluding hydrogens is 1790 g/mol. The number of rotatable bonds is 24. The molecule has 4 fully saturated rings. The van der Waals surface area contributed by atoms with Crippen LogP contribution in [0.4, 0.5) is 28.0 Å². The van der Waals surface area contributed by atoms with Gasteiger partial charge in [0, 0.05) is 116 Å². The molecule has 0 spiro atoms. The van der Waals surface area contributed by atoms with E-state index in [1.807, 2.05) is 161 Å². The van der Waals surface area contributed by atoms with Crippen molar-refractivity contribution in [2.45, 2.75) is 102 Å². The Hall–Kier alpha value is -17.2. The van der Waals surface area contributed by atoms with Crippen LogP contribution in [-0.4, -0.2) is 184 Å². The van der Waals surface area contributed by atoms with Crippen LogP contribution in [-0.2, 0) is 81.1 Å². The molecule has 5 aromatic heterocycles. The number of aromatic nitrogens is 8. The summed E-state index contributed by atoms with van der Waals surface area (Å²) in [6.45, 7) is 9.19. The van der Waals surface area contributed by atoms with E-state index in [9.17, 15) is 66.3 Å². The van der Waals surface area contributed by atoms with Gasteiger partial charge in [-0.05, 0) is 160 Å². The lowest BCUT2D eigenvalue weighted by Gasteiger charge is -2.31. The van der Waals surface area contributed by atoms with E-state index in [0.717, 1.165) is 79.1 Å². The predicted octanol–water partition coefficient (Wildman–Crippen LogP) is 11.1. The Labute approximate surface area is 793 Å². The first-order valence-corrected chi connectivity index (χ1v) is 44.4. The summed E-state index contributed by atoms with van der Waals surface area (Å²) < 4.78 is 52.7. The lowest BCUT2D eigenvalue weighted by molar-refractivity contribution is -0.125. The summed E-state index contributed by atoms with van der Waals surface area (Å²) in [5.41, 5.74) is 10.9. The average molecular weight is 1880 g/mol. The first kappa shape index (κ1) is 92.2. The normalized spacial score (nSPS) is 19.2. The number of halogens is 2. The van der Waals surface area contributed by atoms with Crippen molar-refractivity contribution in [3.05, 3.63) is 304 Å². The number of urea groups is 4. The number of amides is 16. The van der Waals surface area contributed by atoms with Crippen LogP contribution in [0.3, 0.4) is 0 Å². The third-order valence-electron chi connectivity index (χ3n) is 25.7. The highest BCUT2D eigenvalue weighted by molar-refractivity contribution is 6.12. The van der Waals surface area contributed by atoms with Crippen LogP contribution in [0.15, 0.2) is 232 Å². The Bertz CT molecular complexity index is 7160. The third kappa shape index (κ3) is 17.9. The second-order valence-electron chi connectivity index (χ2n) is 35.6. The van der Waals surface area contributed by atoms with Crippen molar-refractivity contribution in [2.24, 2.45) is 13.0 Å². The topological polar surface area (TPSA) is 422 Å². The number of benzene rings is 8. The Morgan fingerprint density at radius 1 is 0.367 bits per heavy atom. The minimum absolute atomic E-state index is 0.0000213. The SMILES string of the molecule is COc1ccc2c(c1)C(=O)N(C[C@@]1(c3ccc(-c4ccc5nc(C)cn5c4)cc3)NC(=O)NC1=O)C2.COc1ccc2c(c1)C(=O)N(C[C@@]1(c3ccc(-c4cnn(C(C)C)c4)cc3)NC(=O)NC1=O)C2.COc1ccc2c(c1)C(=O)N(C[C@@]1(c3ccc(-c4cnn(CC(C)C)c4)cc3)NC(=O)NC1=O)C2.Cn1cc(-c2ccc([C@]3(CN4Cc5ccc(OC(F)F)cc5C4=O)NC(=O)NC3=O)cc2)cn1. The Kier molecular flexibility index (Phi) is 24.5. The number of aryl methyl sites for hydroxylation is 2. The van der Waals surface area contributed by atoms with Gasteiger partial charge in [-0.2, -0.15) is 24.1 Å². The van der Waals surface area contributed by atoms with Crippen molar-refractivity contribution in [2.75, 3.05) is 47.5 Å². The van der Waals surface area contributed by atoms with Crippen LogP contribution in [0.1, 0.15) is 125 Å².